The Morgan fingerprint density at radius 3 is 2.61 bits per heavy atom. The molecule has 122 valence electrons. The molecular formula is C16H19N3O4. The van der Waals surface area contributed by atoms with Gasteiger partial charge in [-0.2, -0.15) is 0 Å². The Morgan fingerprint density at radius 1 is 1.26 bits per heavy atom. The number of rotatable bonds is 2. The number of carbonyl (C=O) groups is 1. The number of pyridine rings is 1. The van der Waals surface area contributed by atoms with E-state index in [1.54, 1.807) is 11.3 Å². The molecular weight excluding hydrogens is 298 g/mol. The van der Waals surface area contributed by atoms with Gasteiger partial charge >= 0.3 is 5.97 Å². The Bertz CT molecular complexity index is 754. The van der Waals surface area contributed by atoms with Gasteiger partial charge in [0.1, 0.15) is 5.65 Å². The SMILES string of the molecule is Cc1nc2ccc(N3CCC4(CC3)OCCO4)cn2c1C(=O)O. The number of carboxylic acid groups (broad SMARTS) is 1. The number of aromatic carboxylic acids is 1. The lowest BCUT2D eigenvalue weighted by Crippen LogP contribution is -2.45. The van der Waals surface area contributed by atoms with Crippen molar-refractivity contribution in [3.8, 4) is 0 Å². The summed E-state index contributed by atoms with van der Waals surface area (Å²) in [6.07, 6.45) is 3.49. The summed E-state index contributed by atoms with van der Waals surface area (Å²) in [7, 11) is 0. The fourth-order valence-electron chi connectivity index (χ4n) is 3.49. The van der Waals surface area contributed by atoms with E-state index in [9.17, 15) is 9.90 Å². The van der Waals surface area contributed by atoms with Gasteiger partial charge in [0.15, 0.2) is 11.5 Å². The molecule has 23 heavy (non-hydrogen) atoms. The summed E-state index contributed by atoms with van der Waals surface area (Å²) in [6, 6.07) is 3.85. The van der Waals surface area contributed by atoms with Gasteiger partial charge < -0.3 is 19.5 Å². The Labute approximate surface area is 133 Å². The van der Waals surface area contributed by atoms with Gasteiger partial charge in [-0.15, -0.1) is 0 Å². The highest BCUT2D eigenvalue weighted by atomic mass is 16.7. The number of hydrogen-bond acceptors (Lipinski definition) is 5. The first-order chi connectivity index (χ1) is 11.1. The molecule has 0 amide bonds. The maximum absolute atomic E-state index is 11.4. The minimum Gasteiger partial charge on any atom is -0.477 e. The molecule has 0 aromatic carbocycles. The van der Waals surface area contributed by atoms with Crippen LogP contribution in [0.15, 0.2) is 18.3 Å². The summed E-state index contributed by atoms with van der Waals surface area (Å²) in [5.74, 6) is -1.36. The summed E-state index contributed by atoms with van der Waals surface area (Å²) < 4.78 is 13.1. The van der Waals surface area contributed by atoms with Crippen molar-refractivity contribution in [3.63, 3.8) is 0 Å². The van der Waals surface area contributed by atoms with E-state index >= 15 is 0 Å². The molecule has 7 nitrogen and oxygen atoms in total. The van der Waals surface area contributed by atoms with Crippen molar-refractivity contribution in [2.24, 2.45) is 0 Å². The zero-order valence-electron chi connectivity index (χ0n) is 13.0. The van der Waals surface area contributed by atoms with E-state index in [2.05, 4.69) is 9.88 Å². The average Bonchev–Trinajstić information content (AvgIpc) is 3.11. The topological polar surface area (TPSA) is 76.3 Å². The first-order valence-electron chi connectivity index (χ1n) is 7.83. The second-order valence-electron chi connectivity index (χ2n) is 6.06. The van der Waals surface area contributed by atoms with Crippen LogP contribution in [-0.4, -0.2) is 52.6 Å². The molecule has 1 N–H and O–H groups in total. The number of aromatic nitrogens is 2. The predicted molar refractivity (Wildman–Crippen MR) is 83.0 cm³/mol. The fourth-order valence-corrected chi connectivity index (χ4v) is 3.49. The molecule has 2 saturated heterocycles. The molecule has 0 unspecified atom stereocenters. The van der Waals surface area contributed by atoms with Crippen molar-refractivity contribution in [2.45, 2.75) is 25.6 Å². The molecule has 0 bridgehead atoms. The van der Waals surface area contributed by atoms with E-state index in [1.807, 2.05) is 18.3 Å². The molecule has 0 aliphatic carbocycles. The third-order valence-corrected chi connectivity index (χ3v) is 4.68. The zero-order valence-corrected chi connectivity index (χ0v) is 13.0. The fraction of sp³-hybridized carbons (Fsp3) is 0.500. The van der Waals surface area contributed by atoms with Crippen LogP contribution in [0.1, 0.15) is 29.0 Å². The maximum Gasteiger partial charge on any atom is 0.354 e. The smallest absolute Gasteiger partial charge is 0.354 e. The van der Waals surface area contributed by atoms with Crippen LogP contribution in [0, 0.1) is 6.92 Å². The van der Waals surface area contributed by atoms with Crippen LogP contribution in [0.2, 0.25) is 0 Å². The van der Waals surface area contributed by atoms with Crippen molar-refractivity contribution in [3.05, 3.63) is 29.7 Å². The monoisotopic (exact) mass is 317 g/mol. The van der Waals surface area contributed by atoms with E-state index in [4.69, 9.17) is 9.47 Å². The lowest BCUT2D eigenvalue weighted by Gasteiger charge is -2.38. The Kier molecular flexibility index (Phi) is 3.28. The summed E-state index contributed by atoms with van der Waals surface area (Å²) >= 11 is 0. The largest absolute Gasteiger partial charge is 0.477 e. The maximum atomic E-state index is 11.4. The van der Waals surface area contributed by atoms with Gasteiger partial charge in [0.05, 0.1) is 24.6 Å². The van der Waals surface area contributed by atoms with Gasteiger partial charge in [0.25, 0.3) is 0 Å². The lowest BCUT2D eigenvalue weighted by atomic mass is 10.0. The molecule has 0 atom stereocenters. The van der Waals surface area contributed by atoms with Crippen LogP contribution in [0.25, 0.3) is 5.65 Å². The van der Waals surface area contributed by atoms with E-state index < -0.39 is 11.8 Å². The van der Waals surface area contributed by atoms with Crippen LogP contribution in [0.4, 0.5) is 5.69 Å². The molecule has 7 heteroatoms. The zero-order chi connectivity index (χ0) is 16.0. The van der Waals surface area contributed by atoms with Crippen LogP contribution >= 0.6 is 0 Å². The number of carboxylic acids is 1. The molecule has 2 aliphatic rings. The second-order valence-corrected chi connectivity index (χ2v) is 6.06. The molecule has 4 rings (SSSR count). The number of hydrogen-bond donors (Lipinski definition) is 1. The van der Waals surface area contributed by atoms with Gasteiger partial charge in [-0.25, -0.2) is 9.78 Å². The Balaban J connectivity index is 1.62. The number of fused-ring (bicyclic) bond motifs is 1. The standard InChI is InChI=1S/C16H19N3O4/c1-11-14(15(20)21)19-10-12(2-3-13(19)17-11)18-6-4-16(5-7-18)22-8-9-23-16/h2-3,10H,4-9H2,1H3,(H,20,21). The van der Waals surface area contributed by atoms with Gasteiger partial charge in [0.2, 0.25) is 0 Å². The van der Waals surface area contributed by atoms with Crippen molar-refractivity contribution in [2.75, 3.05) is 31.2 Å². The third kappa shape index (κ3) is 2.36. The molecule has 1 spiro atoms. The number of aryl methyl sites for hydroxylation is 1. The summed E-state index contributed by atoms with van der Waals surface area (Å²) in [4.78, 5) is 18.0. The third-order valence-electron chi connectivity index (χ3n) is 4.68. The lowest BCUT2D eigenvalue weighted by molar-refractivity contribution is -0.169. The Morgan fingerprint density at radius 2 is 1.96 bits per heavy atom. The van der Waals surface area contributed by atoms with Crippen molar-refractivity contribution in [1.82, 2.24) is 9.38 Å². The number of piperidine rings is 1. The summed E-state index contributed by atoms with van der Waals surface area (Å²) in [5, 5.41) is 9.39. The Hall–Kier alpha value is -2.12. The number of imidazole rings is 1. The molecule has 4 heterocycles. The van der Waals surface area contributed by atoms with Crippen LogP contribution in [0.3, 0.4) is 0 Å². The van der Waals surface area contributed by atoms with Crippen molar-refractivity contribution >= 4 is 17.3 Å². The van der Waals surface area contributed by atoms with Crippen molar-refractivity contribution in [1.29, 1.82) is 0 Å². The highest BCUT2D eigenvalue weighted by molar-refractivity contribution is 5.88. The van der Waals surface area contributed by atoms with E-state index in [0.29, 0.717) is 24.6 Å². The minimum absolute atomic E-state index is 0.220. The quantitative estimate of drug-likeness (QED) is 0.908. The van der Waals surface area contributed by atoms with Crippen molar-refractivity contribution < 1.29 is 19.4 Å². The first kappa shape index (κ1) is 14.5. The van der Waals surface area contributed by atoms with Crippen LogP contribution in [0.5, 0.6) is 0 Å². The van der Waals surface area contributed by atoms with Gasteiger partial charge in [-0.05, 0) is 19.1 Å². The van der Waals surface area contributed by atoms with E-state index in [-0.39, 0.29) is 5.69 Å². The van der Waals surface area contributed by atoms with Gasteiger partial charge in [0, 0.05) is 32.1 Å². The van der Waals surface area contributed by atoms with Gasteiger partial charge in [-0.3, -0.25) is 4.40 Å². The van der Waals surface area contributed by atoms with Gasteiger partial charge in [-0.1, -0.05) is 0 Å². The number of anilines is 1. The molecule has 2 aromatic rings. The first-order valence-corrected chi connectivity index (χ1v) is 7.83. The van der Waals surface area contributed by atoms with Crippen LogP contribution < -0.4 is 4.90 Å². The molecule has 2 fully saturated rings. The number of nitrogens with zero attached hydrogens (tertiary/aromatic N) is 3. The van der Waals surface area contributed by atoms with E-state index in [0.717, 1.165) is 31.6 Å². The highest BCUT2D eigenvalue weighted by Crippen LogP contribution is 2.33. The summed E-state index contributed by atoms with van der Waals surface area (Å²) in [6.45, 7) is 4.70. The molecule has 2 aliphatic heterocycles. The molecule has 2 aromatic heterocycles. The normalized spacial score (nSPS) is 20.5. The summed E-state index contributed by atoms with van der Waals surface area (Å²) in [5.41, 5.74) is 2.39. The minimum atomic E-state index is -0.961. The van der Waals surface area contributed by atoms with E-state index in [1.165, 1.54) is 0 Å². The van der Waals surface area contributed by atoms with Crippen LogP contribution in [-0.2, 0) is 9.47 Å². The molecule has 0 radical (unpaired) electrons. The molecule has 0 saturated carbocycles. The highest BCUT2D eigenvalue weighted by Gasteiger charge is 2.39. The average molecular weight is 317 g/mol. The number of ether oxygens (including phenoxy) is 2. The predicted octanol–water partition coefficient (Wildman–Crippen LogP) is 1.68. The second kappa shape index (κ2) is 5.21.